The van der Waals surface area contributed by atoms with Gasteiger partial charge in [-0.1, -0.05) is 11.6 Å². The lowest BCUT2D eigenvalue weighted by molar-refractivity contribution is -0.208. The number of alkyl halides is 8. The molecule has 0 saturated heterocycles. The Balaban J connectivity index is 0.000000638. The molecule has 0 aromatic carbocycles. The number of ether oxygens (including phenoxy) is 1. The fourth-order valence-corrected chi connectivity index (χ4v) is 3.11. The van der Waals surface area contributed by atoms with Gasteiger partial charge in [0, 0.05) is 6.42 Å². The number of nitrogens with zero attached hydrogens (tertiary/aromatic N) is 4. The van der Waals surface area contributed by atoms with E-state index >= 15 is 0 Å². The van der Waals surface area contributed by atoms with Gasteiger partial charge in [-0.3, -0.25) is 4.79 Å². The predicted octanol–water partition coefficient (Wildman–Crippen LogP) is 4.23. The minimum atomic E-state index is -5.08. The van der Waals surface area contributed by atoms with Crippen LogP contribution in [-0.2, 0) is 15.1 Å². The average molecular weight is 585 g/mol. The quantitative estimate of drug-likeness (QED) is 0.456. The first-order valence-electron chi connectivity index (χ1n) is 9.64. The van der Waals surface area contributed by atoms with Crippen LogP contribution in [0.2, 0.25) is 5.02 Å². The van der Waals surface area contributed by atoms with Crippen molar-refractivity contribution in [3.05, 3.63) is 40.6 Å². The summed E-state index contributed by atoms with van der Waals surface area (Å²) in [6, 6.07) is 1.04. The molecule has 3 rings (SSSR count). The molecule has 10 nitrogen and oxygen atoms in total. The molecule has 0 saturated carbocycles. The third-order valence-corrected chi connectivity index (χ3v) is 4.79. The lowest BCUT2D eigenvalue weighted by Gasteiger charge is -2.35. The van der Waals surface area contributed by atoms with E-state index in [1.54, 1.807) is 0 Å². The topological polar surface area (TPSA) is 145 Å². The summed E-state index contributed by atoms with van der Waals surface area (Å²) in [7, 11) is 0. The number of nitrogens with one attached hydrogen (secondary N) is 1. The molecule has 0 bridgehead atoms. The van der Waals surface area contributed by atoms with Crippen LogP contribution in [0.15, 0.2) is 23.3 Å². The Morgan fingerprint density at radius 1 is 1.26 bits per heavy atom. The lowest BCUT2D eigenvalue weighted by atomic mass is 9.89. The largest absolute Gasteiger partial charge is 0.490 e. The summed E-state index contributed by atoms with van der Waals surface area (Å²) < 4.78 is 116. The van der Waals surface area contributed by atoms with Gasteiger partial charge in [-0.05, 0) is 19.1 Å². The molecule has 0 radical (unpaired) electrons. The summed E-state index contributed by atoms with van der Waals surface area (Å²) in [5.41, 5.74) is 2.36. The molecule has 0 fully saturated rings. The average Bonchev–Trinajstić information content (AvgIpc) is 3.15. The van der Waals surface area contributed by atoms with Crippen molar-refractivity contribution in [2.45, 2.75) is 43.9 Å². The molecular formula is C18H14ClF9N6O4. The maximum Gasteiger partial charge on any atom is 0.490 e. The molecule has 20 heteroatoms. The Bertz CT molecular complexity index is 1230. The molecule has 2 aromatic rings. The number of aliphatic imine (C=N–C) groups is 1. The number of carbonyl (C=O) groups is 2. The highest BCUT2D eigenvalue weighted by Crippen LogP contribution is 2.40. The van der Waals surface area contributed by atoms with E-state index in [2.05, 4.69) is 25.1 Å². The number of amidine groups is 1. The summed E-state index contributed by atoms with van der Waals surface area (Å²) in [5.74, 6) is -5.13. The Hall–Kier alpha value is -3.77. The number of hydrogen-bond donors (Lipinski definition) is 3. The molecule has 1 aliphatic rings. The number of aliphatic carboxylic acids is 1. The highest BCUT2D eigenvalue weighted by Gasteiger charge is 2.50. The van der Waals surface area contributed by atoms with Gasteiger partial charge in [0.25, 0.3) is 11.9 Å². The van der Waals surface area contributed by atoms with Crippen LogP contribution in [0, 0.1) is 5.82 Å². The Kier molecular flexibility index (Phi) is 8.75. The first kappa shape index (κ1) is 30.5. The second-order valence-electron chi connectivity index (χ2n) is 7.44. The minimum Gasteiger partial charge on any atom is -0.475 e. The van der Waals surface area contributed by atoms with Gasteiger partial charge in [-0.25, -0.2) is 23.8 Å². The van der Waals surface area contributed by atoms with Crippen LogP contribution in [0.25, 0.3) is 0 Å². The van der Waals surface area contributed by atoms with Gasteiger partial charge in [-0.15, -0.1) is 0 Å². The number of pyridine rings is 1. The van der Waals surface area contributed by atoms with Gasteiger partial charge in [0.1, 0.15) is 22.9 Å². The van der Waals surface area contributed by atoms with E-state index in [9.17, 15) is 44.3 Å². The zero-order chi connectivity index (χ0) is 29.2. The van der Waals surface area contributed by atoms with Crippen molar-refractivity contribution in [3.63, 3.8) is 0 Å². The number of nitrogens with two attached hydrogens (primary N) is 1. The number of carboxylic acids is 1. The van der Waals surface area contributed by atoms with Crippen LogP contribution in [0.5, 0.6) is 0 Å². The van der Waals surface area contributed by atoms with Crippen LogP contribution >= 0.6 is 11.6 Å². The lowest BCUT2D eigenvalue weighted by Crippen LogP contribution is -2.46. The number of hydrogen-bond acceptors (Lipinski definition) is 7. The summed E-state index contributed by atoms with van der Waals surface area (Å²) in [5, 5.41) is 12.2. The molecule has 3 heterocycles. The smallest absolute Gasteiger partial charge is 0.475 e. The van der Waals surface area contributed by atoms with E-state index < -0.39 is 72.1 Å². The van der Waals surface area contributed by atoms with Gasteiger partial charge in [0.15, 0.2) is 11.8 Å². The van der Waals surface area contributed by atoms with Crippen LogP contribution in [0.4, 0.5) is 45.3 Å². The fourth-order valence-electron chi connectivity index (χ4n) is 2.88. The second kappa shape index (κ2) is 10.9. The van der Waals surface area contributed by atoms with Crippen LogP contribution in [0.3, 0.4) is 0 Å². The van der Waals surface area contributed by atoms with E-state index in [4.69, 9.17) is 27.2 Å². The van der Waals surface area contributed by atoms with E-state index in [-0.39, 0.29) is 15.5 Å². The molecular weight excluding hydrogens is 571 g/mol. The first-order chi connectivity index (χ1) is 17.2. The molecule has 2 aromatic heterocycles. The van der Waals surface area contributed by atoms with Crippen molar-refractivity contribution in [1.82, 2.24) is 14.8 Å². The number of anilines is 1. The summed E-state index contributed by atoms with van der Waals surface area (Å²) in [6.07, 6.45) is -12.3. The number of carboxylic acid groups (broad SMARTS) is 1. The fraction of sp³-hybridized carbons (Fsp3) is 0.389. The van der Waals surface area contributed by atoms with Crippen LogP contribution in [-0.4, -0.2) is 56.2 Å². The normalized spacial score (nSPS) is 19.7. The van der Waals surface area contributed by atoms with Crippen molar-refractivity contribution in [2.75, 3.05) is 5.32 Å². The molecule has 38 heavy (non-hydrogen) atoms. The van der Waals surface area contributed by atoms with Gasteiger partial charge < -0.3 is 20.9 Å². The highest BCUT2D eigenvalue weighted by molar-refractivity contribution is 6.34. The highest BCUT2D eigenvalue weighted by atomic mass is 35.5. The van der Waals surface area contributed by atoms with Crippen molar-refractivity contribution >= 4 is 35.3 Å². The first-order valence-corrected chi connectivity index (χ1v) is 10.0. The maximum atomic E-state index is 14.4. The zero-order valence-corrected chi connectivity index (χ0v) is 19.2. The molecule has 0 unspecified atom stereocenters. The SMILES string of the molecule is C[C@@]1(c2nc(NC(=O)c3nn(C(F)F)cc3Cl)ccc2F)C[C@@H](C(F)(F)F)OC(N)=N1.O=C(O)C(F)(F)F. The Morgan fingerprint density at radius 2 is 1.84 bits per heavy atom. The maximum absolute atomic E-state index is 14.4. The molecule has 0 aliphatic carbocycles. The van der Waals surface area contributed by atoms with Gasteiger partial charge in [0.2, 0.25) is 0 Å². The van der Waals surface area contributed by atoms with E-state index in [0.29, 0.717) is 0 Å². The van der Waals surface area contributed by atoms with Crippen LogP contribution in [0.1, 0.15) is 36.1 Å². The standard InChI is InChI=1S/C16H13ClF6N6O2.C2HF3O2/c1-15(4-8(16(21,22)23)31-14(24)27-15)11-7(18)2-3-9(25-11)26-12(30)10-6(17)5-29(28-10)13(19)20;3-2(4,5)1(6)7/h2-3,5,8,13H,4H2,1H3,(H2,24,27)(H,25,26,30);(H,6,7)/t8-,15-;/m0./s1. The van der Waals surface area contributed by atoms with E-state index in [1.165, 1.54) is 6.92 Å². The van der Waals surface area contributed by atoms with Crippen molar-refractivity contribution in [1.29, 1.82) is 0 Å². The Morgan fingerprint density at radius 3 is 2.32 bits per heavy atom. The summed E-state index contributed by atoms with van der Waals surface area (Å²) >= 11 is 5.72. The third kappa shape index (κ3) is 7.39. The number of halogens is 10. The summed E-state index contributed by atoms with van der Waals surface area (Å²) in [4.78, 5) is 28.8. The van der Waals surface area contributed by atoms with Gasteiger partial charge in [-0.2, -0.15) is 40.2 Å². The van der Waals surface area contributed by atoms with Crippen molar-refractivity contribution in [3.8, 4) is 0 Å². The van der Waals surface area contributed by atoms with Gasteiger partial charge in [0.05, 0.1) is 11.2 Å². The molecule has 1 amide bonds. The number of aromatic nitrogens is 3. The second-order valence-corrected chi connectivity index (χ2v) is 7.85. The summed E-state index contributed by atoms with van der Waals surface area (Å²) in [6.45, 7) is -1.88. The molecule has 0 spiro atoms. The monoisotopic (exact) mass is 584 g/mol. The number of amides is 1. The van der Waals surface area contributed by atoms with E-state index in [0.717, 1.165) is 18.3 Å². The molecule has 4 N–H and O–H groups in total. The minimum absolute atomic E-state index is 0.151. The third-order valence-electron chi connectivity index (χ3n) is 4.51. The number of carbonyl (C=O) groups excluding carboxylic acids is 1. The molecule has 2 atom stereocenters. The van der Waals surface area contributed by atoms with Crippen molar-refractivity contribution in [2.24, 2.45) is 10.7 Å². The van der Waals surface area contributed by atoms with Gasteiger partial charge >= 0.3 is 24.9 Å². The van der Waals surface area contributed by atoms with E-state index in [1.807, 2.05) is 0 Å². The Labute approximate surface area is 210 Å². The predicted molar refractivity (Wildman–Crippen MR) is 109 cm³/mol. The zero-order valence-electron chi connectivity index (χ0n) is 18.4. The molecule has 1 aliphatic heterocycles. The van der Waals surface area contributed by atoms with Crippen molar-refractivity contribution < 1.29 is 58.9 Å². The molecule has 210 valence electrons. The van der Waals surface area contributed by atoms with Crippen LogP contribution < -0.4 is 11.1 Å². The number of rotatable bonds is 4.